The molecule has 2 fully saturated rings. The van der Waals surface area contributed by atoms with E-state index in [9.17, 15) is 4.79 Å². The summed E-state index contributed by atoms with van der Waals surface area (Å²) >= 11 is 0. The van der Waals surface area contributed by atoms with Crippen molar-refractivity contribution in [1.82, 2.24) is 10.2 Å². The summed E-state index contributed by atoms with van der Waals surface area (Å²) in [7, 11) is 0. The molecule has 1 unspecified atom stereocenters. The Morgan fingerprint density at radius 2 is 2.16 bits per heavy atom. The van der Waals surface area contributed by atoms with Gasteiger partial charge in [-0.2, -0.15) is 0 Å². The summed E-state index contributed by atoms with van der Waals surface area (Å²) in [4.78, 5) is 14.3. The van der Waals surface area contributed by atoms with Crippen LogP contribution in [0.4, 0.5) is 0 Å². The van der Waals surface area contributed by atoms with Crippen LogP contribution in [-0.2, 0) is 4.79 Å². The Morgan fingerprint density at radius 1 is 1.32 bits per heavy atom. The van der Waals surface area contributed by atoms with Gasteiger partial charge in [-0.15, -0.1) is 12.3 Å². The van der Waals surface area contributed by atoms with Crippen LogP contribution in [0, 0.1) is 17.8 Å². The van der Waals surface area contributed by atoms with E-state index < -0.39 is 0 Å². The SMILES string of the molecule is C#CCCCCC(=O)N1CCCC2(CCCNC2)C1. The summed E-state index contributed by atoms with van der Waals surface area (Å²) in [6, 6.07) is 0. The number of rotatable bonds is 4. The molecular weight excluding hydrogens is 236 g/mol. The van der Waals surface area contributed by atoms with Gasteiger partial charge in [0.25, 0.3) is 0 Å². The van der Waals surface area contributed by atoms with Crippen LogP contribution in [-0.4, -0.2) is 37.0 Å². The first kappa shape index (κ1) is 14.4. The van der Waals surface area contributed by atoms with Gasteiger partial charge in [-0.25, -0.2) is 0 Å². The van der Waals surface area contributed by atoms with Crippen LogP contribution in [0.1, 0.15) is 51.4 Å². The third kappa shape index (κ3) is 3.98. The van der Waals surface area contributed by atoms with Gasteiger partial charge < -0.3 is 10.2 Å². The third-order valence-corrected chi connectivity index (χ3v) is 4.54. The monoisotopic (exact) mass is 262 g/mol. The zero-order chi connectivity index (χ0) is 13.6. The number of piperidine rings is 2. The molecule has 0 aliphatic carbocycles. The van der Waals surface area contributed by atoms with Crippen LogP contribution in [0.3, 0.4) is 0 Å². The number of unbranched alkanes of at least 4 members (excludes halogenated alkanes) is 2. The minimum atomic E-state index is 0.335. The van der Waals surface area contributed by atoms with E-state index in [-0.39, 0.29) is 0 Å². The molecule has 0 aromatic carbocycles. The maximum atomic E-state index is 12.2. The smallest absolute Gasteiger partial charge is 0.222 e. The largest absolute Gasteiger partial charge is 0.342 e. The van der Waals surface area contributed by atoms with E-state index in [1.165, 1.54) is 19.3 Å². The van der Waals surface area contributed by atoms with Crippen LogP contribution in [0.15, 0.2) is 0 Å². The molecular formula is C16H26N2O. The molecule has 1 atom stereocenters. The average molecular weight is 262 g/mol. The Bertz CT molecular complexity index is 334. The third-order valence-electron chi connectivity index (χ3n) is 4.54. The van der Waals surface area contributed by atoms with Gasteiger partial charge in [0.05, 0.1) is 0 Å². The zero-order valence-corrected chi connectivity index (χ0v) is 11.9. The summed E-state index contributed by atoms with van der Waals surface area (Å²) < 4.78 is 0. The van der Waals surface area contributed by atoms with Crippen molar-refractivity contribution in [1.29, 1.82) is 0 Å². The van der Waals surface area contributed by atoms with E-state index in [4.69, 9.17) is 6.42 Å². The van der Waals surface area contributed by atoms with Crippen molar-refractivity contribution in [3.63, 3.8) is 0 Å². The Kier molecular flexibility index (Phi) is 5.27. The number of hydrogen-bond acceptors (Lipinski definition) is 2. The molecule has 0 aromatic heterocycles. The van der Waals surface area contributed by atoms with Crippen molar-refractivity contribution >= 4 is 5.91 Å². The van der Waals surface area contributed by atoms with Crippen molar-refractivity contribution in [2.24, 2.45) is 5.41 Å². The van der Waals surface area contributed by atoms with Gasteiger partial charge in [0, 0.05) is 37.9 Å². The number of amides is 1. The van der Waals surface area contributed by atoms with Gasteiger partial charge in [-0.05, 0) is 45.1 Å². The molecule has 2 aliphatic heterocycles. The predicted molar refractivity (Wildman–Crippen MR) is 77.7 cm³/mol. The first-order chi connectivity index (χ1) is 9.26. The van der Waals surface area contributed by atoms with Crippen molar-refractivity contribution < 1.29 is 4.79 Å². The van der Waals surface area contributed by atoms with Crippen molar-refractivity contribution in [2.75, 3.05) is 26.2 Å². The van der Waals surface area contributed by atoms with E-state index >= 15 is 0 Å². The van der Waals surface area contributed by atoms with E-state index in [1.807, 2.05) is 0 Å². The molecule has 1 N–H and O–H groups in total. The van der Waals surface area contributed by atoms with Crippen molar-refractivity contribution in [3.8, 4) is 12.3 Å². The molecule has 106 valence electrons. The van der Waals surface area contributed by atoms with Gasteiger partial charge in [0.2, 0.25) is 5.91 Å². The fraction of sp³-hybridized carbons (Fsp3) is 0.812. The van der Waals surface area contributed by atoms with Gasteiger partial charge in [0.1, 0.15) is 0 Å². The highest BCUT2D eigenvalue weighted by Crippen LogP contribution is 2.36. The van der Waals surface area contributed by atoms with Crippen molar-refractivity contribution in [2.45, 2.75) is 51.4 Å². The van der Waals surface area contributed by atoms with Gasteiger partial charge in [0.15, 0.2) is 0 Å². The fourth-order valence-electron chi connectivity index (χ4n) is 3.46. The van der Waals surface area contributed by atoms with E-state index in [2.05, 4.69) is 16.1 Å². The predicted octanol–water partition coefficient (Wildman–Crippen LogP) is 2.17. The molecule has 2 heterocycles. The lowest BCUT2D eigenvalue weighted by Gasteiger charge is -2.45. The summed E-state index contributed by atoms with van der Waals surface area (Å²) in [5.74, 6) is 2.97. The molecule has 19 heavy (non-hydrogen) atoms. The second-order valence-electron chi connectivity index (χ2n) is 6.11. The highest BCUT2D eigenvalue weighted by Gasteiger charge is 2.37. The van der Waals surface area contributed by atoms with Gasteiger partial charge in [-0.3, -0.25) is 4.79 Å². The van der Waals surface area contributed by atoms with Gasteiger partial charge in [-0.1, -0.05) is 0 Å². The van der Waals surface area contributed by atoms with Crippen LogP contribution in [0.2, 0.25) is 0 Å². The molecule has 1 amide bonds. The fourth-order valence-corrected chi connectivity index (χ4v) is 3.46. The first-order valence-corrected chi connectivity index (χ1v) is 7.68. The summed E-state index contributed by atoms with van der Waals surface area (Å²) in [5.41, 5.74) is 0.366. The quantitative estimate of drug-likeness (QED) is 0.622. The lowest BCUT2D eigenvalue weighted by atomic mass is 9.74. The van der Waals surface area contributed by atoms with Crippen LogP contribution >= 0.6 is 0 Å². The molecule has 3 heteroatoms. The lowest BCUT2D eigenvalue weighted by molar-refractivity contribution is -0.135. The van der Waals surface area contributed by atoms with Crippen molar-refractivity contribution in [3.05, 3.63) is 0 Å². The summed E-state index contributed by atoms with van der Waals surface area (Å²) in [6.45, 7) is 4.15. The maximum absolute atomic E-state index is 12.2. The number of nitrogens with zero attached hydrogens (tertiary/aromatic N) is 1. The van der Waals surface area contributed by atoms with E-state index in [1.54, 1.807) is 0 Å². The zero-order valence-electron chi connectivity index (χ0n) is 11.9. The number of carbonyl (C=O) groups excluding carboxylic acids is 1. The maximum Gasteiger partial charge on any atom is 0.222 e. The number of terminal acetylenes is 1. The molecule has 2 rings (SSSR count). The second-order valence-corrected chi connectivity index (χ2v) is 6.11. The van der Waals surface area contributed by atoms with E-state index in [0.717, 1.165) is 51.9 Å². The number of hydrogen-bond donors (Lipinski definition) is 1. The van der Waals surface area contributed by atoms with Crippen LogP contribution in [0.5, 0.6) is 0 Å². The highest BCUT2D eigenvalue weighted by atomic mass is 16.2. The lowest BCUT2D eigenvalue weighted by Crippen LogP contribution is -2.52. The second kappa shape index (κ2) is 6.96. The molecule has 0 saturated carbocycles. The number of nitrogens with one attached hydrogen (secondary N) is 1. The number of likely N-dealkylation sites (tertiary alicyclic amines) is 1. The summed E-state index contributed by atoms with van der Waals surface area (Å²) in [5, 5.41) is 3.50. The Morgan fingerprint density at radius 3 is 2.89 bits per heavy atom. The average Bonchev–Trinajstić information content (AvgIpc) is 2.44. The molecule has 1 spiro atoms. The molecule has 0 aromatic rings. The topological polar surface area (TPSA) is 32.3 Å². The normalized spacial score (nSPS) is 27.2. The number of carbonyl (C=O) groups is 1. The standard InChI is InChI=1S/C16H26N2O/c1-2-3-4-5-8-15(19)18-12-7-10-16(14-18)9-6-11-17-13-16/h1,17H,3-14H2. The molecule has 0 radical (unpaired) electrons. The highest BCUT2D eigenvalue weighted by molar-refractivity contribution is 5.76. The van der Waals surface area contributed by atoms with Crippen LogP contribution in [0.25, 0.3) is 0 Å². The van der Waals surface area contributed by atoms with Gasteiger partial charge >= 0.3 is 0 Å². The van der Waals surface area contributed by atoms with Crippen LogP contribution < -0.4 is 5.32 Å². The molecule has 0 bridgehead atoms. The Labute approximate surface area is 117 Å². The Hall–Kier alpha value is -1.01. The molecule has 2 aliphatic rings. The first-order valence-electron chi connectivity index (χ1n) is 7.68. The molecule has 2 saturated heterocycles. The molecule has 3 nitrogen and oxygen atoms in total. The summed E-state index contributed by atoms with van der Waals surface area (Å²) in [6.07, 6.45) is 13.6. The minimum absolute atomic E-state index is 0.335. The Balaban J connectivity index is 1.79. The minimum Gasteiger partial charge on any atom is -0.342 e. The van der Waals surface area contributed by atoms with E-state index in [0.29, 0.717) is 17.7 Å².